The Labute approximate surface area is 64.6 Å². The minimum absolute atomic E-state index is 0.0916. The fourth-order valence-corrected chi connectivity index (χ4v) is 1.32. The standard InChI is InChI=1S/C7H12FNO2/c8-6(3-7(10)11)5-1-2-9-4-5/h5-6,9H,1-4H2,(H,10,11). The highest BCUT2D eigenvalue weighted by atomic mass is 19.1. The number of alkyl halides is 1. The van der Waals surface area contributed by atoms with E-state index in [0.717, 1.165) is 13.0 Å². The van der Waals surface area contributed by atoms with E-state index in [1.807, 2.05) is 0 Å². The fraction of sp³-hybridized carbons (Fsp3) is 0.857. The van der Waals surface area contributed by atoms with Gasteiger partial charge in [-0.1, -0.05) is 0 Å². The van der Waals surface area contributed by atoms with Crippen molar-refractivity contribution in [2.75, 3.05) is 13.1 Å². The molecule has 1 aliphatic rings. The van der Waals surface area contributed by atoms with Crippen LogP contribution in [-0.4, -0.2) is 30.3 Å². The van der Waals surface area contributed by atoms with E-state index in [-0.39, 0.29) is 12.3 Å². The summed E-state index contributed by atoms with van der Waals surface area (Å²) in [5.74, 6) is -1.14. The molecule has 2 N–H and O–H groups in total. The van der Waals surface area contributed by atoms with Crippen LogP contribution < -0.4 is 5.32 Å². The highest BCUT2D eigenvalue weighted by molar-refractivity contribution is 5.67. The minimum Gasteiger partial charge on any atom is -0.481 e. The SMILES string of the molecule is O=C(O)CC(F)C1CCNC1. The maximum Gasteiger partial charge on any atom is 0.306 e. The maximum atomic E-state index is 12.9. The Kier molecular flexibility index (Phi) is 2.82. The zero-order chi connectivity index (χ0) is 8.27. The van der Waals surface area contributed by atoms with Crippen molar-refractivity contribution < 1.29 is 14.3 Å². The Bertz CT molecular complexity index is 145. The van der Waals surface area contributed by atoms with Gasteiger partial charge in [0, 0.05) is 12.5 Å². The van der Waals surface area contributed by atoms with Crippen molar-refractivity contribution in [3.8, 4) is 0 Å². The summed E-state index contributed by atoms with van der Waals surface area (Å²) in [4.78, 5) is 10.1. The fourth-order valence-electron chi connectivity index (χ4n) is 1.32. The molecule has 0 saturated carbocycles. The molecule has 0 aliphatic carbocycles. The van der Waals surface area contributed by atoms with Crippen molar-refractivity contribution in [2.24, 2.45) is 5.92 Å². The number of aliphatic carboxylic acids is 1. The molecule has 1 heterocycles. The lowest BCUT2D eigenvalue weighted by atomic mass is 10.0. The molecule has 0 aromatic rings. The summed E-state index contributed by atoms with van der Waals surface area (Å²) >= 11 is 0. The molecule has 0 spiro atoms. The van der Waals surface area contributed by atoms with Crippen LogP contribution in [-0.2, 0) is 4.79 Å². The van der Waals surface area contributed by atoms with Gasteiger partial charge in [-0.2, -0.15) is 0 Å². The molecule has 3 nitrogen and oxygen atoms in total. The topological polar surface area (TPSA) is 49.3 Å². The van der Waals surface area contributed by atoms with Gasteiger partial charge in [-0.05, 0) is 13.0 Å². The second kappa shape index (κ2) is 3.67. The summed E-state index contributed by atoms with van der Waals surface area (Å²) in [6.07, 6.45) is -0.775. The maximum absolute atomic E-state index is 12.9. The Morgan fingerprint density at radius 2 is 2.55 bits per heavy atom. The number of nitrogens with one attached hydrogen (secondary N) is 1. The molecule has 0 bridgehead atoms. The van der Waals surface area contributed by atoms with E-state index in [2.05, 4.69) is 5.32 Å². The van der Waals surface area contributed by atoms with Gasteiger partial charge in [0.2, 0.25) is 0 Å². The number of carboxylic acids is 1. The smallest absolute Gasteiger partial charge is 0.306 e. The van der Waals surface area contributed by atoms with Crippen LogP contribution in [0.3, 0.4) is 0 Å². The highest BCUT2D eigenvalue weighted by Gasteiger charge is 2.26. The molecule has 4 heteroatoms. The van der Waals surface area contributed by atoms with E-state index < -0.39 is 12.1 Å². The van der Waals surface area contributed by atoms with Crippen LogP contribution in [0.25, 0.3) is 0 Å². The average Bonchev–Trinajstić information content (AvgIpc) is 2.35. The number of rotatable bonds is 3. The molecule has 1 rings (SSSR count). The third-order valence-electron chi connectivity index (χ3n) is 1.98. The molecule has 11 heavy (non-hydrogen) atoms. The molecule has 0 aromatic heterocycles. The van der Waals surface area contributed by atoms with Crippen LogP contribution in [0.5, 0.6) is 0 Å². The van der Waals surface area contributed by atoms with Gasteiger partial charge in [0.1, 0.15) is 6.17 Å². The molecular weight excluding hydrogens is 149 g/mol. The van der Waals surface area contributed by atoms with Crippen molar-refractivity contribution >= 4 is 5.97 Å². The van der Waals surface area contributed by atoms with E-state index in [1.54, 1.807) is 0 Å². The van der Waals surface area contributed by atoms with Gasteiger partial charge < -0.3 is 10.4 Å². The molecule has 2 unspecified atom stereocenters. The van der Waals surface area contributed by atoms with Crippen LogP contribution in [0.15, 0.2) is 0 Å². The molecule has 1 fully saturated rings. The average molecular weight is 161 g/mol. The highest BCUT2D eigenvalue weighted by Crippen LogP contribution is 2.18. The normalized spacial score (nSPS) is 26.8. The Balaban J connectivity index is 2.28. The summed E-state index contributed by atoms with van der Waals surface area (Å²) in [5, 5.41) is 11.3. The summed E-state index contributed by atoms with van der Waals surface area (Å²) in [7, 11) is 0. The first-order chi connectivity index (χ1) is 5.20. The van der Waals surface area contributed by atoms with Crippen LogP contribution >= 0.6 is 0 Å². The lowest BCUT2D eigenvalue weighted by molar-refractivity contribution is -0.138. The summed E-state index contributed by atoms with van der Waals surface area (Å²) in [5.41, 5.74) is 0. The van der Waals surface area contributed by atoms with Crippen molar-refractivity contribution in [3.63, 3.8) is 0 Å². The molecule has 1 aliphatic heterocycles. The van der Waals surface area contributed by atoms with Crippen molar-refractivity contribution in [1.29, 1.82) is 0 Å². The van der Waals surface area contributed by atoms with Gasteiger partial charge in [0.05, 0.1) is 6.42 Å². The molecular formula is C7H12FNO2. The van der Waals surface area contributed by atoms with Crippen molar-refractivity contribution in [2.45, 2.75) is 19.0 Å². The predicted molar refractivity (Wildman–Crippen MR) is 38.1 cm³/mol. The van der Waals surface area contributed by atoms with E-state index in [0.29, 0.717) is 6.54 Å². The zero-order valence-corrected chi connectivity index (χ0v) is 6.22. The summed E-state index contributed by atoms with van der Waals surface area (Å²) in [6.45, 7) is 1.43. The molecule has 2 atom stereocenters. The van der Waals surface area contributed by atoms with Gasteiger partial charge in [-0.15, -0.1) is 0 Å². The summed E-state index contributed by atoms with van der Waals surface area (Å²) in [6, 6.07) is 0. The second-order valence-corrected chi connectivity index (χ2v) is 2.87. The van der Waals surface area contributed by atoms with Gasteiger partial charge in [0.25, 0.3) is 0 Å². The van der Waals surface area contributed by atoms with E-state index in [4.69, 9.17) is 5.11 Å². The van der Waals surface area contributed by atoms with Gasteiger partial charge in [0.15, 0.2) is 0 Å². The van der Waals surface area contributed by atoms with Crippen molar-refractivity contribution in [3.05, 3.63) is 0 Å². The molecule has 64 valence electrons. The summed E-state index contributed by atoms with van der Waals surface area (Å²) < 4.78 is 12.9. The van der Waals surface area contributed by atoms with Gasteiger partial charge in [-0.25, -0.2) is 4.39 Å². The molecule has 0 amide bonds. The number of carbonyl (C=O) groups is 1. The van der Waals surface area contributed by atoms with E-state index in [1.165, 1.54) is 0 Å². The first-order valence-corrected chi connectivity index (χ1v) is 3.76. The van der Waals surface area contributed by atoms with Crippen LogP contribution in [0.4, 0.5) is 4.39 Å². The van der Waals surface area contributed by atoms with Crippen LogP contribution in [0, 0.1) is 5.92 Å². The lowest BCUT2D eigenvalue weighted by Crippen LogP contribution is -2.21. The van der Waals surface area contributed by atoms with Crippen LogP contribution in [0.2, 0.25) is 0 Å². The third-order valence-corrected chi connectivity index (χ3v) is 1.98. The van der Waals surface area contributed by atoms with Gasteiger partial charge in [-0.3, -0.25) is 4.79 Å². The molecule has 0 aromatic carbocycles. The third kappa shape index (κ3) is 2.46. The number of carboxylic acid groups (broad SMARTS) is 1. The number of hydrogen-bond acceptors (Lipinski definition) is 2. The Hall–Kier alpha value is -0.640. The Morgan fingerprint density at radius 3 is 3.00 bits per heavy atom. The quantitative estimate of drug-likeness (QED) is 0.630. The second-order valence-electron chi connectivity index (χ2n) is 2.87. The zero-order valence-electron chi connectivity index (χ0n) is 6.22. The lowest BCUT2D eigenvalue weighted by Gasteiger charge is -2.11. The van der Waals surface area contributed by atoms with Crippen LogP contribution in [0.1, 0.15) is 12.8 Å². The largest absolute Gasteiger partial charge is 0.481 e. The monoisotopic (exact) mass is 161 g/mol. The minimum atomic E-state index is -1.18. The Morgan fingerprint density at radius 1 is 1.82 bits per heavy atom. The molecule has 0 radical (unpaired) electrons. The number of halogens is 1. The van der Waals surface area contributed by atoms with Gasteiger partial charge >= 0.3 is 5.97 Å². The first-order valence-electron chi connectivity index (χ1n) is 3.76. The molecule has 1 saturated heterocycles. The van der Waals surface area contributed by atoms with E-state index >= 15 is 0 Å². The predicted octanol–water partition coefficient (Wildman–Crippen LogP) is 0.409. The first kappa shape index (κ1) is 8.46. The van der Waals surface area contributed by atoms with E-state index in [9.17, 15) is 9.18 Å². The van der Waals surface area contributed by atoms with Crippen molar-refractivity contribution in [1.82, 2.24) is 5.32 Å². The number of hydrogen-bond donors (Lipinski definition) is 2.